The Morgan fingerprint density at radius 1 is 1.42 bits per heavy atom. The van der Waals surface area contributed by atoms with Gasteiger partial charge in [0.1, 0.15) is 4.90 Å². The first-order chi connectivity index (χ1) is 8.95. The summed E-state index contributed by atoms with van der Waals surface area (Å²) in [6.45, 7) is 1.19. The Kier molecular flexibility index (Phi) is 5.92. The van der Waals surface area contributed by atoms with Gasteiger partial charge in [0.25, 0.3) is 0 Å². The molecule has 0 aliphatic rings. The summed E-state index contributed by atoms with van der Waals surface area (Å²) < 4.78 is 26.5. The summed E-state index contributed by atoms with van der Waals surface area (Å²) in [5.41, 5.74) is 5.79. The van der Waals surface area contributed by atoms with Crippen molar-refractivity contribution in [3.05, 3.63) is 24.0 Å². The van der Waals surface area contributed by atoms with Crippen molar-refractivity contribution >= 4 is 10.0 Å². The van der Waals surface area contributed by atoms with Crippen LogP contribution in [0.25, 0.3) is 0 Å². The fourth-order valence-corrected chi connectivity index (χ4v) is 2.28. The van der Waals surface area contributed by atoms with E-state index in [9.17, 15) is 8.42 Å². The number of hydrogen-bond donors (Lipinski definition) is 2. The average Bonchev–Trinajstić information content (AvgIpc) is 2.36. The molecule has 0 saturated heterocycles. The first-order valence-corrected chi connectivity index (χ1v) is 7.22. The van der Waals surface area contributed by atoms with Crippen LogP contribution in [0.3, 0.4) is 0 Å². The molecule has 104 valence electrons. The maximum absolute atomic E-state index is 12.0. The molecule has 0 amide bonds. The van der Waals surface area contributed by atoms with E-state index in [2.05, 4.69) is 21.5 Å². The molecular weight excluding hydrogens is 264 g/mol. The summed E-state index contributed by atoms with van der Waals surface area (Å²) in [4.78, 5) is 5.87. The van der Waals surface area contributed by atoms with Crippen LogP contribution in [0.2, 0.25) is 0 Å². The van der Waals surface area contributed by atoms with Gasteiger partial charge in [-0.1, -0.05) is 11.8 Å². The highest BCUT2D eigenvalue weighted by Crippen LogP contribution is 2.08. The Morgan fingerprint density at radius 2 is 2.16 bits per heavy atom. The van der Waals surface area contributed by atoms with Gasteiger partial charge >= 0.3 is 0 Å². The van der Waals surface area contributed by atoms with Crippen LogP contribution in [0.1, 0.15) is 5.56 Å². The van der Waals surface area contributed by atoms with Gasteiger partial charge in [-0.3, -0.25) is 4.98 Å². The molecule has 0 radical (unpaired) electrons. The van der Waals surface area contributed by atoms with Crippen molar-refractivity contribution in [2.75, 3.05) is 33.7 Å². The summed E-state index contributed by atoms with van der Waals surface area (Å²) in [6.07, 6.45) is 2.80. The van der Waals surface area contributed by atoms with Gasteiger partial charge in [-0.05, 0) is 20.2 Å². The molecule has 0 aliphatic carbocycles. The van der Waals surface area contributed by atoms with E-state index in [0.717, 1.165) is 0 Å². The van der Waals surface area contributed by atoms with Crippen LogP contribution >= 0.6 is 0 Å². The minimum absolute atomic E-state index is 0.107. The minimum Gasteiger partial charge on any atom is -0.320 e. The van der Waals surface area contributed by atoms with Crippen LogP contribution in [0.5, 0.6) is 0 Å². The van der Waals surface area contributed by atoms with E-state index in [1.807, 2.05) is 19.0 Å². The number of sulfonamides is 1. The van der Waals surface area contributed by atoms with Crippen molar-refractivity contribution in [3.8, 4) is 11.8 Å². The van der Waals surface area contributed by atoms with E-state index >= 15 is 0 Å². The van der Waals surface area contributed by atoms with Gasteiger partial charge in [-0.15, -0.1) is 0 Å². The number of nitrogens with two attached hydrogens (primary N) is 1. The summed E-state index contributed by atoms with van der Waals surface area (Å²) in [6, 6.07) is 1.48. The fraction of sp³-hybridized carbons (Fsp3) is 0.417. The van der Waals surface area contributed by atoms with Crippen LogP contribution in [-0.4, -0.2) is 52.0 Å². The molecule has 0 bridgehead atoms. The highest BCUT2D eigenvalue weighted by atomic mass is 32.2. The number of aromatic nitrogens is 1. The van der Waals surface area contributed by atoms with Crippen LogP contribution in [0.4, 0.5) is 0 Å². The minimum atomic E-state index is -3.54. The van der Waals surface area contributed by atoms with Crippen LogP contribution in [0, 0.1) is 11.8 Å². The van der Waals surface area contributed by atoms with Gasteiger partial charge in [-0.2, -0.15) is 0 Å². The third-order valence-corrected chi connectivity index (χ3v) is 3.64. The van der Waals surface area contributed by atoms with E-state index in [-0.39, 0.29) is 11.4 Å². The summed E-state index contributed by atoms with van der Waals surface area (Å²) in [5, 5.41) is 0. The maximum Gasteiger partial charge on any atom is 0.242 e. The summed E-state index contributed by atoms with van der Waals surface area (Å²) in [5.74, 6) is 5.41. The van der Waals surface area contributed by atoms with Gasteiger partial charge in [0.15, 0.2) is 0 Å². The third-order valence-electron chi connectivity index (χ3n) is 2.21. The van der Waals surface area contributed by atoms with Crippen molar-refractivity contribution in [1.82, 2.24) is 14.6 Å². The molecular formula is C12H18N4O2S. The second kappa shape index (κ2) is 7.21. The van der Waals surface area contributed by atoms with Crippen molar-refractivity contribution in [2.24, 2.45) is 5.73 Å². The molecule has 0 aromatic carbocycles. The number of hydrogen-bond acceptors (Lipinski definition) is 5. The zero-order chi connectivity index (χ0) is 14.3. The van der Waals surface area contributed by atoms with Crippen molar-refractivity contribution < 1.29 is 8.42 Å². The van der Waals surface area contributed by atoms with Crippen molar-refractivity contribution in [2.45, 2.75) is 4.90 Å². The molecule has 1 aromatic rings. The second-order valence-corrected chi connectivity index (χ2v) is 5.88. The number of nitrogens with one attached hydrogen (secondary N) is 1. The Labute approximate surface area is 114 Å². The zero-order valence-corrected chi connectivity index (χ0v) is 11.9. The predicted octanol–water partition coefficient (Wildman–Crippen LogP) is -0.768. The first-order valence-electron chi connectivity index (χ1n) is 5.74. The van der Waals surface area contributed by atoms with E-state index in [4.69, 9.17) is 5.73 Å². The van der Waals surface area contributed by atoms with Gasteiger partial charge < -0.3 is 10.6 Å². The lowest BCUT2D eigenvalue weighted by Gasteiger charge is -2.10. The molecule has 0 unspecified atom stereocenters. The van der Waals surface area contributed by atoms with E-state index in [1.165, 1.54) is 18.5 Å². The monoisotopic (exact) mass is 282 g/mol. The van der Waals surface area contributed by atoms with Crippen LogP contribution < -0.4 is 10.5 Å². The molecule has 0 atom stereocenters. The fourth-order valence-electron chi connectivity index (χ4n) is 1.27. The predicted molar refractivity (Wildman–Crippen MR) is 73.9 cm³/mol. The maximum atomic E-state index is 12.0. The largest absolute Gasteiger partial charge is 0.320 e. The van der Waals surface area contributed by atoms with Gasteiger partial charge in [0.05, 0.1) is 6.54 Å². The molecule has 6 nitrogen and oxygen atoms in total. The van der Waals surface area contributed by atoms with E-state index in [1.54, 1.807) is 0 Å². The molecule has 0 fully saturated rings. The van der Waals surface area contributed by atoms with Gasteiger partial charge in [0, 0.05) is 31.0 Å². The first kappa shape index (κ1) is 15.6. The van der Waals surface area contributed by atoms with Gasteiger partial charge in [0.2, 0.25) is 10.0 Å². The highest BCUT2D eigenvalue weighted by molar-refractivity contribution is 7.89. The smallest absolute Gasteiger partial charge is 0.242 e. The van der Waals surface area contributed by atoms with Gasteiger partial charge in [-0.25, -0.2) is 13.1 Å². The lowest BCUT2D eigenvalue weighted by Crippen LogP contribution is -2.31. The van der Waals surface area contributed by atoms with Crippen molar-refractivity contribution in [1.29, 1.82) is 0 Å². The molecule has 1 aromatic heterocycles. The quantitative estimate of drug-likeness (QED) is 0.693. The molecule has 0 aliphatic heterocycles. The standard InChI is InChI=1S/C12H18N4O2S/c1-16(2)7-6-15-19(17,18)12-8-11(4-3-5-13)9-14-10-12/h8-10,15H,5-7,13H2,1-2H3. The Balaban J connectivity index is 2.83. The highest BCUT2D eigenvalue weighted by Gasteiger charge is 2.14. The molecule has 0 saturated carbocycles. The number of nitrogens with zero attached hydrogens (tertiary/aromatic N) is 2. The summed E-state index contributed by atoms with van der Waals surface area (Å²) in [7, 11) is 0.206. The Hall–Kier alpha value is -1.46. The normalized spacial score (nSPS) is 11.2. The van der Waals surface area contributed by atoms with Crippen LogP contribution in [-0.2, 0) is 10.0 Å². The molecule has 1 rings (SSSR count). The lowest BCUT2D eigenvalue weighted by atomic mass is 10.3. The van der Waals surface area contributed by atoms with E-state index in [0.29, 0.717) is 18.7 Å². The topological polar surface area (TPSA) is 88.3 Å². The Morgan fingerprint density at radius 3 is 2.79 bits per heavy atom. The molecule has 1 heterocycles. The van der Waals surface area contributed by atoms with E-state index < -0.39 is 10.0 Å². The van der Waals surface area contributed by atoms with Crippen LogP contribution in [0.15, 0.2) is 23.4 Å². The second-order valence-electron chi connectivity index (χ2n) is 4.12. The molecule has 7 heteroatoms. The molecule has 0 spiro atoms. The van der Waals surface area contributed by atoms with Crippen molar-refractivity contribution in [3.63, 3.8) is 0 Å². The number of pyridine rings is 1. The summed E-state index contributed by atoms with van der Waals surface area (Å²) >= 11 is 0. The number of rotatable bonds is 5. The Bertz CT molecular complexity index is 573. The SMILES string of the molecule is CN(C)CCNS(=O)(=O)c1cncc(C#CCN)c1. The molecule has 3 N–H and O–H groups in total. The molecule has 19 heavy (non-hydrogen) atoms. The zero-order valence-electron chi connectivity index (χ0n) is 11.0. The lowest BCUT2D eigenvalue weighted by molar-refractivity contribution is 0.412. The number of likely N-dealkylation sites (N-methyl/N-ethyl adjacent to an activating group) is 1. The third kappa shape index (κ3) is 5.36. The average molecular weight is 282 g/mol.